The van der Waals surface area contributed by atoms with Crippen molar-refractivity contribution in [2.24, 2.45) is 5.73 Å². The van der Waals surface area contributed by atoms with Gasteiger partial charge in [0.1, 0.15) is 12.1 Å². The minimum absolute atomic E-state index is 0.0318. The number of sulfonamides is 1. The quantitative estimate of drug-likeness (QED) is 0.149. The summed E-state index contributed by atoms with van der Waals surface area (Å²) in [6.07, 6.45) is 1.46. The maximum atomic E-state index is 15.1. The minimum atomic E-state index is -4.68. The summed E-state index contributed by atoms with van der Waals surface area (Å²) in [5, 5.41) is 2.75. The van der Waals surface area contributed by atoms with E-state index in [4.69, 9.17) is 5.73 Å². The molecule has 0 bridgehead atoms. The number of primary amides is 1. The smallest absolute Gasteiger partial charge is 0.267 e. The molecule has 260 valence electrons. The lowest BCUT2D eigenvalue weighted by Crippen LogP contribution is -2.58. The van der Waals surface area contributed by atoms with E-state index >= 15 is 4.79 Å². The number of aromatic amines is 1. The number of carbonyl (C=O) groups is 3. The number of H-pyrrole nitrogens is 1. The van der Waals surface area contributed by atoms with Crippen molar-refractivity contribution in [3.63, 3.8) is 0 Å². The highest BCUT2D eigenvalue weighted by Crippen LogP contribution is 2.29. The molecule has 0 spiro atoms. The first-order valence-corrected chi connectivity index (χ1v) is 18.7. The Morgan fingerprint density at radius 1 is 0.804 bits per heavy atom. The van der Waals surface area contributed by atoms with E-state index in [1.807, 2.05) is 86.0 Å². The summed E-state index contributed by atoms with van der Waals surface area (Å²) in [5.41, 5.74) is 11.1. The highest BCUT2D eigenvalue weighted by atomic mass is 32.2. The highest BCUT2D eigenvalue weighted by molar-refractivity contribution is 7.89. The molecule has 4 aromatic carbocycles. The topological polar surface area (TPSA) is 134 Å². The molecular formula is C40H38N4O5S2. The van der Waals surface area contributed by atoms with Crippen LogP contribution in [-0.2, 0) is 32.5 Å². The summed E-state index contributed by atoms with van der Waals surface area (Å²) in [7, 11) is -3.19. The van der Waals surface area contributed by atoms with Gasteiger partial charge in [-0.05, 0) is 72.3 Å². The third-order valence-corrected chi connectivity index (χ3v) is 11.7. The SMILES string of the molecule is Cc1cc(C)cc(C(=O)N(C)[C@H](Cc2ccc(-c3cccs3)cc2)C(=O)N([C@@H](Cc2c[nH]c3ccccc23)C(N)=O)S(=O)(=O)c2ccccc2)c1. The number of benzene rings is 4. The normalized spacial score (nSPS) is 12.7. The van der Waals surface area contributed by atoms with Gasteiger partial charge in [0.05, 0.1) is 4.90 Å². The molecule has 11 heteroatoms. The molecule has 0 saturated heterocycles. The van der Waals surface area contributed by atoms with Gasteiger partial charge in [0, 0.05) is 47.4 Å². The van der Waals surface area contributed by atoms with Gasteiger partial charge < -0.3 is 15.6 Å². The number of fused-ring (bicyclic) bond motifs is 1. The number of nitrogens with two attached hydrogens (primary N) is 1. The van der Waals surface area contributed by atoms with E-state index in [1.54, 1.807) is 35.7 Å². The molecular weight excluding hydrogens is 681 g/mol. The number of aryl methyl sites for hydroxylation is 2. The second kappa shape index (κ2) is 14.8. The number of nitrogens with zero attached hydrogens (tertiary/aromatic N) is 2. The molecule has 0 radical (unpaired) electrons. The molecule has 0 aliphatic heterocycles. The first-order chi connectivity index (χ1) is 24.4. The van der Waals surface area contributed by atoms with E-state index in [9.17, 15) is 18.0 Å². The molecule has 0 saturated carbocycles. The number of likely N-dealkylation sites (N-methyl/N-ethyl adjacent to an activating group) is 1. The Labute approximate surface area is 301 Å². The zero-order valence-electron chi connectivity index (χ0n) is 28.4. The number of hydrogen-bond donors (Lipinski definition) is 2. The molecule has 3 N–H and O–H groups in total. The molecule has 2 aromatic heterocycles. The van der Waals surface area contributed by atoms with Crippen LogP contribution < -0.4 is 5.73 Å². The van der Waals surface area contributed by atoms with Gasteiger partial charge >= 0.3 is 0 Å². The van der Waals surface area contributed by atoms with Crippen molar-refractivity contribution in [1.82, 2.24) is 14.2 Å². The molecule has 6 rings (SSSR count). The zero-order chi connectivity index (χ0) is 36.3. The van der Waals surface area contributed by atoms with E-state index in [-0.39, 0.29) is 17.7 Å². The van der Waals surface area contributed by atoms with Crippen molar-refractivity contribution in [3.8, 4) is 10.4 Å². The number of nitrogens with one attached hydrogen (secondary N) is 1. The van der Waals surface area contributed by atoms with Gasteiger partial charge in [-0.1, -0.05) is 83.9 Å². The number of hydrogen-bond acceptors (Lipinski definition) is 6. The van der Waals surface area contributed by atoms with Gasteiger partial charge in [0.15, 0.2) is 0 Å². The Morgan fingerprint density at radius 3 is 2.12 bits per heavy atom. The van der Waals surface area contributed by atoms with Crippen molar-refractivity contribution in [3.05, 3.63) is 149 Å². The maximum Gasteiger partial charge on any atom is 0.267 e. The largest absolute Gasteiger partial charge is 0.368 e. The number of carbonyl (C=O) groups excluding carboxylic acids is 3. The first-order valence-electron chi connectivity index (χ1n) is 16.4. The van der Waals surface area contributed by atoms with Gasteiger partial charge in [-0.2, -0.15) is 0 Å². The molecule has 9 nitrogen and oxygen atoms in total. The summed E-state index contributed by atoms with van der Waals surface area (Å²) in [5.74, 6) is -2.43. The Hall–Kier alpha value is -5.52. The van der Waals surface area contributed by atoms with Crippen LogP contribution in [0.3, 0.4) is 0 Å². The third kappa shape index (κ3) is 7.50. The number of rotatable bonds is 12. The summed E-state index contributed by atoms with van der Waals surface area (Å²) < 4.78 is 29.8. The average Bonchev–Trinajstić information content (AvgIpc) is 3.81. The van der Waals surface area contributed by atoms with Crippen LogP contribution in [0.4, 0.5) is 0 Å². The summed E-state index contributed by atoms with van der Waals surface area (Å²) in [4.78, 5) is 47.9. The van der Waals surface area contributed by atoms with E-state index < -0.39 is 39.8 Å². The predicted molar refractivity (Wildman–Crippen MR) is 201 cm³/mol. The van der Waals surface area contributed by atoms with Crippen molar-refractivity contribution in [1.29, 1.82) is 0 Å². The van der Waals surface area contributed by atoms with Crippen LogP contribution in [0, 0.1) is 13.8 Å². The second-order valence-electron chi connectivity index (χ2n) is 12.6. The van der Waals surface area contributed by atoms with Crippen LogP contribution >= 0.6 is 11.3 Å². The van der Waals surface area contributed by atoms with Gasteiger partial charge in [-0.25, -0.2) is 12.7 Å². The lowest BCUT2D eigenvalue weighted by molar-refractivity contribution is -0.137. The zero-order valence-corrected chi connectivity index (χ0v) is 30.1. The van der Waals surface area contributed by atoms with Crippen molar-refractivity contribution < 1.29 is 22.8 Å². The lowest BCUT2D eigenvalue weighted by Gasteiger charge is -2.35. The summed E-state index contributed by atoms with van der Waals surface area (Å²) in [6, 6.07) is 28.8. The van der Waals surface area contributed by atoms with Gasteiger partial charge in [0.2, 0.25) is 5.91 Å². The van der Waals surface area contributed by atoms with E-state index in [2.05, 4.69) is 4.98 Å². The molecule has 0 aliphatic carbocycles. The van der Waals surface area contributed by atoms with E-state index in [0.29, 0.717) is 21.0 Å². The van der Waals surface area contributed by atoms with Gasteiger partial charge in [-0.15, -0.1) is 11.3 Å². The van der Waals surface area contributed by atoms with Crippen molar-refractivity contribution in [2.75, 3.05) is 7.05 Å². The van der Waals surface area contributed by atoms with E-state index in [1.165, 1.54) is 36.2 Å². The van der Waals surface area contributed by atoms with Crippen LogP contribution in [0.2, 0.25) is 0 Å². The molecule has 0 unspecified atom stereocenters. The lowest BCUT2D eigenvalue weighted by atomic mass is 9.99. The van der Waals surface area contributed by atoms with Crippen LogP contribution in [0.5, 0.6) is 0 Å². The molecule has 0 aliphatic rings. The number of para-hydroxylation sites is 1. The maximum absolute atomic E-state index is 15.1. The Kier molecular flexibility index (Phi) is 10.2. The highest BCUT2D eigenvalue weighted by Gasteiger charge is 2.44. The molecule has 0 fully saturated rings. The Bertz CT molecular complexity index is 2280. The van der Waals surface area contributed by atoms with Crippen LogP contribution in [0.25, 0.3) is 21.3 Å². The van der Waals surface area contributed by atoms with Crippen molar-refractivity contribution in [2.45, 2.75) is 43.7 Å². The fourth-order valence-electron chi connectivity index (χ4n) is 6.40. The van der Waals surface area contributed by atoms with E-state index in [0.717, 1.165) is 32.5 Å². The monoisotopic (exact) mass is 718 g/mol. The third-order valence-electron chi connectivity index (χ3n) is 8.95. The number of thiophene rings is 1. The van der Waals surface area contributed by atoms with Crippen LogP contribution in [0.1, 0.15) is 32.6 Å². The number of amides is 3. The molecule has 2 heterocycles. The molecule has 3 amide bonds. The van der Waals surface area contributed by atoms with Gasteiger partial charge in [-0.3, -0.25) is 14.4 Å². The van der Waals surface area contributed by atoms with Gasteiger partial charge in [0.25, 0.3) is 21.8 Å². The summed E-state index contributed by atoms with van der Waals surface area (Å²) in [6.45, 7) is 3.75. The second-order valence-corrected chi connectivity index (χ2v) is 15.4. The molecule has 2 atom stereocenters. The fourth-order valence-corrected chi connectivity index (χ4v) is 8.74. The average molecular weight is 719 g/mol. The predicted octanol–water partition coefficient (Wildman–Crippen LogP) is 6.51. The Morgan fingerprint density at radius 2 is 1.47 bits per heavy atom. The van der Waals surface area contributed by atoms with Crippen LogP contribution in [0.15, 0.2) is 126 Å². The standard InChI is InChI=1S/C40H38N4O5S2/c1-26-20-27(2)22-30(21-26)39(46)43(3)36(23-28-15-17-29(18-16-28)37-14-9-19-50-37)40(47)44(51(48,49)32-10-5-4-6-11-32)35(38(41)45)24-31-25-42-34-13-8-7-12-33(31)34/h4-22,25,35-36,42H,23-24H2,1-3H3,(H2,41,45)/t35-,36+/m0/s1. The fraction of sp³-hybridized carbons (Fsp3) is 0.175. The molecule has 51 heavy (non-hydrogen) atoms. The first kappa shape index (κ1) is 35.3. The Balaban J connectivity index is 1.47. The minimum Gasteiger partial charge on any atom is -0.368 e. The number of aromatic nitrogens is 1. The summed E-state index contributed by atoms with van der Waals surface area (Å²) >= 11 is 1.60. The van der Waals surface area contributed by atoms with Crippen molar-refractivity contribution >= 4 is 50.0 Å². The van der Waals surface area contributed by atoms with Crippen LogP contribution in [-0.4, -0.2) is 59.5 Å². The molecule has 6 aromatic rings.